The van der Waals surface area contributed by atoms with Crippen LogP contribution in [0.3, 0.4) is 0 Å². The highest BCUT2D eigenvalue weighted by Crippen LogP contribution is 2.25. The Labute approximate surface area is 167 Å². The molecule has 26 heavy (non-hydrogen) atoms. The van der Waals surface area contributed by atoms with Crippen molar-refractivity contribution < 1.29 is 4.79 Å². The number of nitrogens with zero attached hydrogens (tertiary/aromatic N) is 1. The molecular formula is C20H18Cl2N2OS. The lowest BCUT2D eigenvalue weighted by atomic mass is 10.1. The molecule has 1 atom stereocenters. The van der Waals surface area contributed by atoms with Crippen LogP contribution in [0.15, 0.2) is 53.9 Å². The van der Waals surface area contributed by atoms with Crippen LogP contribution in [0.2, 0.25) is 10.0 Å². The summed E-state index contributed by atoms with van der Waals surface area (Å²) >= 11 is 13.6. The summed E-state index contributed by atoms with van der Waals surface area (Å²) in [5.41, 5.74) is 2.92. The van der Waals surface area contributed by atoms with Gasteiger partial charge < -0.3 is 5.32 Å². The third kappa shape index (κ3) is 5.07. The van der Waals surface area contributed by atoms with Crippen LogP contribution in [0.1, 0.15) is 34.8 Å². The lowest BCUT2D eigenvalue weighted by molar-refractivity contribution is -0.121. The minimum absolute atomic E-state index is 0.0693. The lowest BCUT2D eigenvalue weighted by Crippen LogP contribution is -2.28. The first kappa shape index (κ1) is 18.9. The Bertz CT molecular complexity index is 896. The van der Waals surface area contributed by atoms with E-state index in [1.165, 1.54) is 5.56 Å². The van der Waals surface area contributed by atoms with Crippen LogP contribution in [-0.2, 0) is 17.6 Å². The maximum Gasteiger partial charge on any atom is 0.226 e. The number of amides is 1. The molecule has 3 aromatic rings. The topological polar surface area (TPSA) is 42.0 Å². The molecule has 6 heteroatoms. The second kappa shape index (κ2) is 8.67. The van der Waals surface area contributed by atoms with Gasteiger partial charge in [-0.25, -0.2) is 4.98 Å². The Kier molecular flexibility index (Phi) is 6.30. The largest absolute Gasteiger partial charge is 0.349 e. The molecule has 3 rings (SSSR count). The number of halogens is 2. The third-order valence-corrected chi connectivity index (χ3v) is 5.60. The summed E-state index contributed by atoms with van der Waals surface area (Å²) < 4.78 is 0. The summed E-state index contributed by atoms with van der Waals surface area (Å²) in [7, 11) is 0. The fourth-order valence-corrected chi connectivity index (χ4v) is 3.74. The number of aromatic nitrogens is 1. The Balaban J connectivity index is 1.57. The number of carbonyl (C=O) groups excluding carboxylic acids is 1. The van der Waals surface area contributed by atoms with Gasteiger partial charge in [-0.15, -0.1) is 11.3 Å². The van der Waals surface area contributed by atoms with Gasteiger partial charge in [-0.3, -0.25) is 4.79 Å². The van der Waals surface area contributed by atoms with E-state index in [4.69, 9.17) is 23.2 Å². The molecule has 0 radical (unpaired) electrons. The molecule has 1 N–H and O–H groups in total. The fourth-order valence-electron chi connectivity index (χ4n) is 2.60. The summed E-state index contributed by atoms with van der Waals surface area (Å²) in [5.74, 6) is -0.0693. The normalized spacial score (nSPS) is 12.0. The summed E-state index contributed by atoms with van der Waals surface area (Å²) in [6, 6.07) is 15.4. The van der Waals surface area contributed by atoms with E-state index in [0.717, 1.165) is 22.7 Å². The number of nitrogens with one attached hydrogen (secondary N) is 1. The first-order chi connectivity index (χ1) is 12.5. The maximum atomic E-state index is 12.3. The van der Waals surface area contributed by atoms with Crippen LogP contribution in [-0.4, -0.2) is 10.9 Å². The van der Waals surface area contributed by atoms with E-state index in [0.29, 0.717) is 10.0 Å². The average molecular weight is 405 g/mol. The predicted molar refractivity (Wildman–Crippen MR) is 108 cm³/mol. The number of hydrogen-bond acceptors (Lipinski definition) is 3. The number of rotatable bonds is 6. The molecule has 1 aromatic heterocycles. The van der Waals surface area contributed by atoms with Gasteiger partial charge in [0, 0.05) is 11.8 Å². The molecule has 1 amide bonds. The van der Waals surface area contributed by atoms with Crippen LogP contribution in [0.4, 0.5) is 0 Å². The smallest absolute Gasteiger partial charge is 0.226 e. The molecule has 134 valence electrons. The molecule has 3 nitrogen and oxygen atoms in total. The van der Waals surface area contributed by atoms with Gasteiger partial charge in [0.05, 0.1) is 33.2 Å². The van der Waals surface area contributed by atoms with Crippen LogP contribution >= 0.6 is 34.5 Å². The molecule has 0 aliphatic heterocycles. The number of thiazole rings is 1. The van der Waals surface area contributed by atoms with Gasteiger partial charge in [-0.05, 0) is 30.2 Å². The van der Waals surface area contributed by atoms with Gasteiger partial charge in [0.2, 0.25) is 5.91 Å². The van der Waals surface area contributed by atoms with Crippen molar-refractivity contribution in [2.24, 2.45) is 0 Å². The number of carbonyl (C=O) groups is 1. The predicted octanol–water partition coefficient (Wildman–Crippen LogP) is 5.46. The highest BCUT2D eigenvalue weighted by molar-refractivity contribution is 7.09. The summed E-state index contributed by atoms with van der Waals surface area (Å²) in [6.07, 6.45) is 1.05. The van der Waals surface area contributed by atoms with Gasteiger partial charge >= 0.3 is 0 Å². The van der Waals surface area contributed by atoms with Crippen molar-refractivity contribution >= 4 is 40.4 Å². The quantitative estimate of drug-likeness (QED) is 0.592. The molecular weight excluding hydrogens is 387 g/mol. The first-order valence-electron chi connectivity index (χ1n) is 8.23. The minimum atomic E-state index is -0.153. The zero-order chi connectivity index (χ0) is 18.5. The minimum Gasteiger partial charge on any atom is -0.349 e. The Morgan fingerprint density at radius 3 is 2.65 bits per heavy atom. The summed E-state index contributed by atoms with van der Waals surface area (Å²) in [5, 5.41) is 6.92. The first-order valence-corrected chi connectivity index (χ1v) is 9.86. The molecule has 0 bridgehead atoms. The molecule has 1 unspecified atom stereocenters. The monoisotopic (exact) mass is 404 g/mol. The second-order valence-electron chi connectivity index (χ2n) is 6.03. The fraction of sp³-hybridized carbons (Fsp3) is 0.200. The highest BCUT2D eigenvalue weighted by Gasteiger charge is 2.13. The summed E-state index contributed by atoms with van der Waals surface area (Å²) in [4.78, 5) is 16.9. The van der Waals surface area contributed by atoms with Crippen molar-refractivity contribution in [1.29, 1.82) is 0 Å². The van der Waals surface area contributed by atoms with E-state index >= 15 is 0 Å². The zero-order valence-electron chi connectivity index (χ0n) is 14.2. The van der Waals surface area contributed by atoms with Crippen molar-refractivity contribution in [1.82, 2.24) is 10.3 Å². The summed E-state index contributed by atoms with van der Waals surface area (Å²) in [6.45, 7) is 1.92. The molecule has 0 aliphatic rings. The van der Waals surface area contributed by atoms with E-state index in [9.17, 15) is 4.79 Å². The number of benzene rings is 2. The van der Waals surface area contributed by atoms with E-state index in [-0.39, 0.29) is 18.4 Å². The van der Waals surface area contributed by atoms with Gasteiger partial charge in [-0.1, -0.05) is 59.6 Å². The Morgan fingerprint density at radius 1 is 1.15 bits per heavy atom. The standard InChI is InChI=1S/C20H18Cl2N2OS/c1-13(15-7-8-17(21)18(22)10-15)23-19(25)11-16-12-26-20(24-16)9-14-5-3-2-4-6-14/h2-8,10,12-13H,9,11H2,1H3,(H,23,25). The maximum absolute atomic E-state index is 12.3. The molecule has 0 fully saturated rings. The van der Waals surface area contributed by atoms with Crippen LogP contribution in [0.25, 0.3) is 0 Å². The number of hydrogen-bond donors (Lipinski definition) is 1. The average Bonchev–Trinajstić information content (AvgIpc) is 3.04. The SMILES string of the molecule is CC(NC(=O)Cc1csc(Cc2ccccc2)n1)c1ccc(Cl)c(Cl)c1. The molecule has 0 saturated carbocycles. The molecule has 1 heterocycles. The van der Waals surface area contributed by atoms with E-state index < -0.39 is 0 Å². The van der Waals surface area contributed by atoms with Gasteiger partial charge in [0.25, 0.3) is 0 Å². The van der Waals surface area contributed by atoms with Gasteiger partial charge in [0.1, 0.15) is 0 Å². The van der Waals surface area contributed by atoms with Crippen LogP contribution in [0, 0.1) is 0 Å². The van der Waals surface area contributed by atoms with Crippen molar-refractivity contribution in [2.75, 3.05) is 0 Å². The van der Waals surface area contributed by atoms with Crippen molar-refractivity contribution in [3.8, 4) is 0 Å². The molecule has 0 aliphatic carbocycles. The zero-order valence-corrected chi connectivity index (χ0v) is 16.5. The van der Waals surface area contributed by atoms with Crippen molar-refractivity contribution in [3.63, 3.8) is 0 Å². The van der Waals surface area contributed by atoms with Crippen LogP contribution < -0.4 is 5.32 Å². The van der Waals surface area contributed by atoms with E-state index in [1.807, 2.05) is 36.6 Å². The second-order valence-corrected chi connectivity index (χ2v) is 7.79. The Hall–Kier alpha value is -1.88. The van der Waals surface area contributed by atoms with Crippen molar-refractivity contribution in [3.05, 3.63) is 85.8 Å². The molecule has 2 aromatic carbocycles. The Morgan fingerprint density at radius 2 is 1.92 bits per heavy atom. The van der Waals surface area contributed by atoms with Gasteiger partial charge in [-0.2, -0.15) is 0 Å². The van der Waals surface area contributed by atoms with Crippen molar-refractivity contribution in [2.45, 2.75) is 25.8 Å². The van der Waals surface area contributed by atoms with E-state index in [1.54, 1.807) is 23.5 Å². The van der Waals surface area contributed by atoms with E-state index in [2.05, 4.69) is 22.4 Å². The molecule has 0 spiro atoms. The van der Waals surface area contributed by atoms with Crippen LogP contribution in [0.5, 0.6) is 0 Å². The van der Waals surface area contributed by atoms with Gasteiger partial charge in [0.15, 0.2) is 0 Å². The molecule has 0 saturated heterocycles. The lowest BCUT2D eigenvalue weighted by Gasteiger charge is -2.14. The third-order valence-electron chi connectivity index (χ3n) is 3.96. The highest BCUT2D eigenvalue weighted by atomic mass is 35.5.